The van der Waals surface area contributed by atoms with Crippen LogP contribution in [0.5, 0.6) is 5.75 Å². The number of methoxy groups -OCH3 is 2. The lowest BCUT2D eigenvalue weighted by Crippen LogP contribution is -2.48. The van der Waals surface area contributed by atoms with Gasteiger partial charge in [0, 0.05) is 24.3 Å². The lowest BCUT2D eigenvalue weighted by Gasteiger charge is -2.44. The average Bonchev–Trinajstić information content (AvgIpc) is 3.29. The maximum absolute atomic E-state index is 11.9. The van der Waals surface area contributed by atoms with Crippen molar-refractivity contribution in [3.05, 3.63) is 91.1 Å². The molecule has 1 aromatic carbocycles. The standard InChI is InChI=1S/C65H120O8Si4/c1-30-31-34-50(4)61(69-47-54-39-42-55(67-20)43-40-54)53(7)57(71-75(24,25)63(11,12)13)44-37-48(2)45-52(6)60(73-77(28,29)65(17,18)19)51(5)38-41-56(70-74(22,23)62(8,9)10)46-58(72-76(26,27)64(14,15)16)49(3)35-32-33-36-59(66)68-21/h30-36,38-43,48-53,56-58,60-61H,1,37,44-47H2,2-29H3/b34-31-,35-32+,36-33-,41-38-/t48-,49-,50-,51-,52+,53-,56+,57-,58-,60-,61-/m0/s1. The van der Waals surface area contributed by atoms with Gasteiger partial charge in [-0.05, 0) is 133 Å². The highest BCUT2D eigenvalue weighted by molar-refractivity contribution is 6.75. The van der Waals surface area contributed by atoms with Gasteiger partial charge in [-0.25, -0.2) is 4.79 Å². The van der Waals surface area contributed by atoms with Crippen LogP contribution in [0.15, 0.2) is 85.5 Å². The smallest absolute Gasteiger partial charge is 0.330 e. The lowest BCUT2D eigenvalue weighted by molar-refractivity contribution is -0.134. The number of ether oxygens (including phenoxy) is 3. The van der Waals surface area contributed by atoms with Crippen LogP contribution < -0.4 is 4.74 Å². The maximum atomic E-state index is 11.9. The van der Waals surface area contributed by atoms with Gasteiger partial charge in [0.2, 0.25) is 0 Å². The Balaban J connectivity index is 3.84. The summed E-state index contributed by atoms with van der Waals surface area (Å²) in [7, 11) is -5.73. The number of carbonyl (C=O) groups is 1. The molecule has 77 heavy (non-hydrogen) atoms. The molecule has 0 aliphatic carbocycles. The van der Waals surface area contributed by atoms with Crippen LogP contribution in [0.25, 0.3) is 0 Å². The normalized spacial score (nSPS) is 18.5. The molecular formula is C65H120O8Si4. The lowest BCUT2D eigenvalue weighted by atomic mass is 9.82. The van der Waals surface area contributed by atoms with E-state index in [0.717, 1.165) is 30.6 Å². The highest BCUT2D eigenvalue weighted by Gasteiger charge is 2.45. The first-order valence-electron chi connectivity index (χ1n) is 29.3. The van der Waals surface area contributed by atoms with Crippen molar-refractivity contribution in [1.29, 1.82) is 0 Å². The van der Waals surface area contributed by atoms with Gasteiger partial charge in [0.1, 0.15) is 5.75 Å². The molecule has 12 heteroatoms. The molecule has 0 saturated carbocycles. The molecule has 0 aromatic heterocycles. The van der Waals surface area contributed by atoms with Crippen molar-refractivity contribution >= 4 is 39.2 Å². The summed E-state index contributed by atoms with van der Waals surface area (Å²) >= 11 is 0. The molecule has 0 N–H and O–H groups in total. The van der Waals surface area contributed by atoms with Gasteiger partial charge < -0.3 is 31.9 Å². The van der Waals surface area contributed by atoms with Crippen LogP contribution in [0.1, 0.15) is 156 Å². The number of allylic oxidation sites excluding steroid dienone is 4. The van der Waals surface area contributed by atoms with Gasteiger partial charge in [-0.3, -0.25) is 0 Å². The zero-order chi connectivity index (χ0) is 59.8. The van der Waals surface area contributed by atoms with Gasteiger partial charge in [-0.1, -0.05) is 192 Å². The van der Waals surface area contributed by atoms with Crippen LogP contribution in [0.2, 0.25) is 72.5 Å². The second kappa shape index (κ2) is 30.8. The average molecular weight is 1140 g/mol. The van der Waals surface area contributed by atoms with Crippen molar-refractivity contribution < 1.29 is 36.7 Å². The minimum Gasteiger partial charge on any atom is -0.497 e. The molecule has 8 nitrogen and oxygen atoms in total. The van der Waals surface area contributed by atoms with Crippen molar-refractivity contribution in [3.63, 3.8) is 0 Å². The van der Waals surface area contributed by atoms with E-state index in [1.165, 1.54) is 13.2 Å². The highest BCUT2D eigenvalue weighted by Crippen LogP contribution is 2.44. The zero-order valence-electron chi connectivity index (χ0n) is 54.9. The van der Waals surface area contributed by atoms with E-state index in [0.29, 0.717) is 24.9 Å². The van der Waals surface area contributed by atoms with E-state index in [1.807, 2.05) is 30.4 Å². The molecule has 0 heterocycles. The first-order chi connectivity index (χ1) is 35.0. The third-order valence-electron chi connectivity index (χ3n) is 18.2. The Labute approximate surface area is 479 Å². The maximum Gasteiger partial charge on any atom is 0.330 e. The third-order valence-corrected chi connectivity index (χ3v) is 36.2. The number of hydrogen-bond acceptors (Lipinski definition) is 8. The summed E-state index contributed by atoms with van der Waals surface area (Å²) < 4.78 is 47.1. The van der Waals surface area contributed by atoms with E-state index < -0.39 is 33.3 Å². The Morgan fingerprint density at radius 1 is 0.545 bits per heavy atom. The molecular weight excluding hydrogens is 1020 g/mol. The molecule has 1 aromatic rings. The van der Waals surface area contributed by atoms with Crippen LogP contribution in [0, 0.1) is 35.5 Å². The quantitative estimate of drug-likeness (QED) is 0.0232. The molecule has 0 radical (unpaired) electrons. The largest absolute Gasteiger partial charge is 0.497 e. The van der Waals surface area contributed by atoms with Gasteiger partial charge in [0.05, 0.1) is 51.3 Å². The van der Waals surface area contributed by atoms with Crippen molar-refractivity contribution in [3.8, 4) is 5.75 Å². The monoisotopic (exact) mass is 1140 g/mol. The molecule has 0 aliphatic heterocycles. The van der Waals surface area contributed by atoms with Gasteiger partial charge in [0.25, 0.3) is 0 Å². The van der Waals surface area contributed by atoms with Crippen LogP contribution in [0.4, 0.5) is 0 Å². The Bertz CT molecular complexity index is 2010. The van der Waals surface area contributed by atoms with E-state index in [9.17, 15) is 4.79 Å². The van der Waals surface area contributed by atoms with E-state index in [4.69, 9.17) is 31.9 Å². The molecule has 0 amide bonds. The molecule has 444 valence electrons. The molecule has 0 saturated heterocycles. The second-order valence-corrected chi connectivity index (χ2v) is 48.1. The summed E-state index contributed by atoms with van der Waals surface area (Å²) in [6.45, 7) is 65.4. The molecule has 0 spiro atoms. The third kappa shape index (κ3) is 24.1. The van der Waals surface area contributed by atoms with Crippen molar-refractivity contribution in [1.82, 2.24) is 0 Å². The van der Waals surface area contributed by atoms with Gasteiger partial charge in [-0.15, -0.1) is 0 Å². The van der Waals surface area contributed by atoms with Crippen molar-refractivity contribution in [2.24, 2.45) is 35.5 Å². The van der Waals surface area contributed by atoms with Gasteiger partial charge in [-0.2, -0.15) is 0 Å². The molecule has 1 rings (SSSR count). The Morgan fingerprint density at radius 2 is 1.01 bits per heavy atom. The zero-order valence-corrected chi connectivity index (χ0v) is 58.9. The fourth-order valence-corrected chi connectivity index (χ4v) is 14.3. The predicted octanol–water partition coefficient (Wildman–Crippen LogP) is 19.1. The van der Waals surface area contributed by atoms with Crippen LogP contribution in [-0.4, -0.2) is 84.0 Å². The number of carbonyl (C=O) groups excluding carboxylic acids is 1. The Hall–Kier alpha value is -2.14. The Kier molecular flexibility index (Phi) is 29.1. The Morgan fingerprint density at radius 3 is 1.49 bits per heavy atom. The van der Waals surface area contributed by atoms with E-state index >= 15 is 0 Å². The van der Waals surface area contributed by atoms with Crippen LogP contribution >= 0.6 is 0 Å². The van der Waals surface area contributed by atoms with Crippen molar-refractivity contribution in [2.45, 2.75) is 260 Å². The number of rotatable bonds is 32. The fraction of sp³-hybridized carbons (Fsp3) is 0.738. The van der Waals surface area contributed by atoms with E-state index in [-0.39, 0.29) is 80.3 Å². The minimum atomic E-state index is -2.24. The molecule has 0 unspecified atom stereocenters. The van der Waals surface area contributed by atoms with Crippen LogP contribution in [-0.2, 0) is 38.6 Å². The highest BCUT2D eigenvalue weighted by atomic mass is 28.4. The topological polar surface area (TPSA) is 81.7 Å². The van der Waals surface area contributed by atoms with E-state index in [2.05, 4.69) is 220 Å². The molecule has 11 atom stereocenters. The summed E-state index contributed by atoms with van der Waals surface area (Å²) in [5.41, 5.74) is 1.12. The number of benzene rings is 1. The molecule has 0 fully saturated rings. The van der Waals surface area contributed by atoms with Crippen LogP contribution in [0.3, 0.4) is 0 Å². The first kappa shape index (κ1) is 72.9. The minimum absolute atomic E-state index is 0.0114. The SMILES string of the molecule is C=C/C=C\[C@H](C)[C@H](OCc1ccc(OC)cc1)[C@@H](C)[C@H](CC[C@H](C)C[C@@H](C)[C@@H](O[Si](C)(C)C(C)(C)C)[C@@H](C)/C=C\[C@H](C[C@H](O[Si](C)(C)C(C)(C)C)[C@@H](C)/C=C/C=C\C(=O)OC)O[Si](C)(C)C(C)(C)C)O[Si](C)(C)C(C)(C)C. The molecule has 0 aliphatic rings. The summed E-state index contributed by atoms with van der Waals surface area (Å²) in [5, 5.41) is 0.146. The second-order valence-electron chi connectivity index (χ2n) is 29.1. The van der Waals surface area contributed by atoms with Crippen molar-refractivity contribution in [2.75, 3.05) is 14.2 Å². The summed E-state index contributed by atoms with van der Waals surface area (Å²) in [5.74, 6) is 1.66. The fourth-order valence-electron chi connectivity index (χ4n) is 8.70. The summed E-state index contributed by atoms with van der Waals surface area (Å²) in [6, 6.07) is 8.20. The summed E-state index contributed by atoms with van der Waals surface area (Å²) in [6.07, 6.45) is 21.6. The summed E-state index contributed by atoms with van der Waals surface area (Å²) in [4.78, 5) is 11.9. The van der Waals surface area contributed by atoms with E-state index in [1.54, 1.807) is 13.2 Å². The number of hydrogen-bond donors (Lipinski definition) is 0. The first-order valence-corrected chi connectivity index (χ1v) is 41.0. The van der Waals surface area contributed by atoms with Gasteiger partial charge in [0.15, 0.2) is 33.3 Å². The predicted molar refractivity (Wildman–Crippen MR) is 342 cm³/mol. The molecule has 0 bridgehead atoms. The van der Waals surface area contributed by atoms with Gasteiger partial charge >= 0.3 is 5.97 Å². The number of esters is 1.